The second kappa shape index (κ2) is 4.67. The standard InChI is InChI=1S/C15H14Br2N2/c1-3-15(4-2)9-5-7-11(16)18-13(9)14-10(15)6-8-12(17)19-14/h5-8H,3-4H2,1-2H3. The highest BCUT2D eigenvalue weighted by Gasteiger charge is 2.42. The Hall–Kier alpha value is -0.740. The van der Waals surface area contributed by atoms with Crippen molar-refractivity contribution in [2.75, 3.05) is 0 Å². The van der Waals surface area contributed by atoms with E-state index in [1.54, 1.807) is 0 Å². The number of nitrogens with zero attached hydrogens (tertiary/aromatic N) is 2. The van der Waals surface area contributed by atoms with E-state index in [1.165, 1.54) is 11.1 Å². The Morgan fingerprint density at radius 1 is 0.842 bits per heavy atom. The fraction of sp³-hybridized carbons (Fsp3) is 0.333. The molecule has 1 aliphatic rings. The highest BCUT2D eigenvalue weighted by Crippen LogP contribution is 2.51. The van der Waals surface area contributed by atoms with Crippen molar-refractivity contribution in [1.29, 1.82) is 0 Å². The summed E-state index contributed by atoms with van der Waals surface area (Å²) < 4.78 is 1.73. The summed E-state index contributed by atoms with van der Waals surface area (Å²) in [7, 11) is 0. The predicted molar refractivity (Wildman–Crippen MR) is 84.2 cm³/mol. The summed E-state index contributed by atoms with van der Waals surface area (Å²) in [6, 6.07) is 8.43. The summed E-state index contributed by atoms with van der Waals surface area (Å²) in [6.07, 6.45) is 2.13. The first-order valence-electron chi connectivity index (χ1n) is 6.47. The topological polar surface area (TPSA) is 25.8 Å². The summed E-state index contributed by atoms with van der Waals surface area (Å²) in [5.74, 6) is 0. The maximum absolute atomic E-state index is 4.66. The molecule has 0 unspecified atom stereocenters. The molecule has 0 radical (unpaired) electrons. The molecule has 0 saturated carbocycles. The quantitative estimate of drug-likeness (QED) is 0.677. The van der Waals surface area contributed by atoms with Gasteiger partial charge in [0.05, 0.1) is 11.4 Å². The van der Waals surface area contributed by atoms with Crippen molar-refractivity contribution in [2.24, 2.45) is 0 Å². The van der Waals surface area contributed by atoms with Crippen molar-refractivity contribution in [2.45, 2.75) is 32.1 Å². The van der Waals surface area contributed by atoms with Crippen LogP contribution in [0, 0.1) is 0 Å². The molecule has 2 aromatic rings. The van der Waals surface area contributed by atoms with Gasteiger partial charge in [-0.15, -0.1) is 0 Å². The van der Waals surface area contributed by atoms with Gasteiger partial charge in [0.1, 0.15) is 9.21 Å². The molecule has 1 aliphatic carbocycles. The van der Waals surface area contributed by atoms with Gasteiger partial charge in [-0.05, 0) is 68.0 Å². The number of hydrogen-bond donors (Lipinski definition) is 0. The smallest absolute Gasteiger partial charge is 0.106 e. The Balaban J connectivity index is 2.39. The molecule has 3 rings (SSSR count). The van der Waals surface area contributed by atoms with Crippen LogP contribution in [0.25, 0.3) is 11.4 Å². The van der Waals surface area contributed by atoms with Gasteiger partial charge in [-0.25, -0.2) is 9.97 Å². The maximum atomic E-state index is 4.66. The summed E-state index contributed by atoms with van der Waals surface area (Å²) in [5.41, 5.74) is 4.72. The normalized spacial score (nSPS) is 15.2. The molecule has 0 spiro atoms. The minimum absolute atomic E-state index is 0.0616. The third-order valence-corrected chi connectivity index (χ3v) is 5.07. The van der Waals surface area contributed by atoms with Crippen molar-refractivity contribution < 1.29 is 0 Å². The number of fused-ring (bicyclic) bond motifs is 3. The molecule has 2 heterocycles. The molecule has 0 amide bonds. The molecule has 0 atom stereocenters. The van der Waals surface area contributed by atoms with Gasteiger partial charge in [0, 0.05) is 5.41 Å². The van der Waals surface area contributed by atoms with Crippen LogP contribution in [-0.2, 0) is 5.41 Å². The van der Waals surface area contributed by atoms with Gasteiger partial charge in [-0.1, -0.05) is 26.0 Å². The van der Waals surface area contributed by atoms with Crippen LogP contribution in [0.1, 0.15) is 37.8 Å². The summed E-state index contributed by atoms with van der Waals surface area (Å²) in [6.45, 7) is 4.49. The minimum Gasteiger partial charge on any atom is -0.239 e. The molecule has 4 heteroatoms. The first-order chi connectivity index (χ1) is 9.12. The van der Waals surface area contributed by atoms with E-state index in [1.807, 2.05) is 12.1 Å². The molecule has 2 aromatic heterocycles. The van der Waals surface area contributed by atoms with E-state index in [-0.39, 0.29) is 5.41 Å². The molecule has 98 valence electrons. The Bertz CT molecular complexity index is 595. The highest BCUT2D eigenvalue weighted by molar-refractivity contribution is 9.10. The fourth-order valence-corrected chi connectivity index (χ4v) is 3.78. The molecule has 0 aromatic carbocycles. The van der Waals surface area contributed by atoms with Crippen LogP contribution in [0.3, 0.4) is 0 Å². The average molecular weight is 382 g/mol. The maximum Gasteiger partial charge on any atom is 0.106 e. The first-order valence-corrected chi connectivity index (χ1v) is 8.05. The van der Waals surface area contributed by atoms with Gasteiger partial charge in [0.25, 0.3) is 0 Å². The van der Waals surface area contributed by atoms with Crippen molar-refractivity contribution in [3.05, 3.63) is 44.6 Å². The third-order valence-electron chi connectivity index (χ3n) is 4.19. The van der Waals surface area contributed by atoms with Crippen LogP contribution in [-0.4, -0.2) is 9.97 Å². The number of aromatic nitrogens is 2. The molecule has 0 fully saturated rings. The van der Waals surface area contributed by atoms with E-state index in [0.29, 0.717) is 0 Å². The van der Waals surface area contributed by atoms with E-state index >= 15 is 0 Å². The molecule has 0 N–H and O–H groups in total. The van der Waals surface area contributed by atoms with Crippen LogP contribution in [0.2, 0.25) is 0 Å². The molecule has 0 aliphatic heterocycles. The summed E-state index contributed by atoms with van der Waals surface area (Å²) in [4.78, 5) is 9.32. The van der Waals surface area contributed by atoms with Crippen molar-refractivity contribution in [1.82, 2.24) is 9.97 Å². The van der Waals surface area contributed by atoms with Crippen molar-refractivity contribution in [3.63, 3.8) is 0 Å². The lowest BCUT2D eigenvalue weighted by Gasteiger charge is -2.28. The SMILES string of the molecule is CCC1(CC)c2ccc(Br)nc2-c2nc(Br)ccc21. The van der Waals surface area contributed by atoms with Gasteiger partial charge in [0.2, 0.25) is 0 Å². The van der Waals surface area contributed by atoms with E-state index in [0.717, 1.165) is 33.4 Å². The minimum atomic E-state index is 0.0616. The predicted octanol–water partition coefficient (Wildman–Crippen LogP) is 5.09. The fourth-order valence-electron chi connectivity index (χ4n) is 3.16. The zero-order valence-electron chi connectivity index (χ0n) is 10.9. The third kappa shape index (κ3) is 1.80. The van der Waals surface area contributed by atoms with Crippen LogP contribution >= 0.6 is 31.9 Å². The Kier molecular flexibility index (Phi) is 3.26. The molecule has 0 bridgehead atoms. The molecule has 19 heavy (non-hydrogen) atoms. The van der Waals surface area contributed by atoms with Crippen LogP contribution in [0.5, 0.6) is 0 Å². The van der Waals surface area contributed by atoms with Crippen LogP contribution in [0.15, 0.2) is 33.5 Å². The van der Waals surface area contributed by atoms with E-state index < -0.39 is 0 Å². The lowest BCUT2D eigenvalue weighted by molar-refractivity contribution is 0.489. The number of hydrogen-bond acceptors (Lipinski definition) is 2. The highest BCUT2D eigenvalue weighted by atomic mass is 79.9. The van der Waals surface area contributed by atoms with E-state index in [2.05, 4.69) is 67.8 Å². The van der Waals surface area contributed by atoms with Gasteiger partial charge < -0.3 is 0 Å². The van der Waals surface area contributed by atoms with Gasteiger partial charge in [-0.2, -0.15) is 0 Å². The molecule has 0 saturated heterocycles. The van der Waals surface area contributed by atoms with E-state index in [4.69, 9.17) is 0 Å². The average Bonchev–Trinajstić information content (AvgIpc) is 2.68. The Morgan fingerprint density at radius 3 is 1.63 bits per heavy atom. The number of rotatable bonds is 2. The van der Waals surface area contributed by atoms with Crippen LogP contribution in [0.4, 0.5) is 0 Å². The zero-order valence-corrected chi connectivity index (χ0v) is 14.0. The van der Waals surface area contributed by atoms with E-state index in [9.17, 15) is 0 Å². The molecular weight excluding hydrogens is 368 g/mol. The number of halogens is 2. The Labute approximate surface area is 129 Å². The van der Waals surface area contributed by atoms with Gasteiger partial charge in [-0.3, -0.25) is 0 Å². The second-order valence-electron chi connectivity index (χ2n) is 4.85. The summed E-state index contributed by atoms with van der Waals surface area (Å²) >= 11 is 6.93. The first kappa shape index (κ1) is 13.3. The second-order valence-corrected chi connectivity index (χ2v) is 6.47. The van der Waals surface area contributed by atoms with Gasteiger partial charge in [0.15, 0.2) is 0 Å². The van der Waals surface area contributed by atoms with Crippen molar-refractivity contribution in [3.8, 4) is 11.4 Å². The lowest BCUT2D eigenvalue weighted by atomic mass is 9.74. The van der Waals surface area contributed by atoms with Gasteiger partial charge >= 0.3 is 0 Å². The van der Waals surface area contributed by atoms with Crippen molar-refractivity contribution >= 4 is 31.9 Å². The molecular formula is C15H14Br2N2. The lowest BCUT2D eigenvalue weighted by Crippen LogP contribution is -2.23. The Morgan fingerprint density at radius 2 is 1.26 bits per heavy atom. The van der Waals surface area contributed by atoms with Crippen LogP contribution < -0.4 is 0 Å². The number of pyridine rings is 2. The summed E-state index contributed by atoms with van der Waals surface area (Å²) in [5, 5.41) is 0. The zero-order chi connectivity index (χ0) is 13.6. The monoisotopic (exact) mass is 380 g/mol. The molecule has 2 nitrogen and oxygen atoms in total. The largest absolute Gasteiger partial charge is 0.239 e.